The molecular formula is C10H12O2S3. The molecule has 15 heavy (non-hydrogen) atoms. The molecule has 82 valence electrons. The van der Waals surface area contributed by atoms with E-state index in [0.29, 0.717) is 11.7 Å². The Bertz CT molecular complexity index is 348. The van der Waals surface area contributed by atoms with Crippen molar-refractivity contribution in [2.45, 2.75) is 23.5 Å². The number of thioether (sulfide) groups is 2. The highest BCUT2D eigenvalue weighted by Crippen LogP contribution is 2.40. The van der Waals surface area contributed by atoms with Gasteiger partial charge >= 0.3 is 0 Å². The summed E-state index contributed by atoms with van der Waals surface area (Å²) < 4.78 is 5.61. The average Bonchev–Trinajstić information content (AvgIpc) is 2.72. The number of carbonyl (C=O) groups excluding carboxylic acids is 1. The standard InChI is InChI=1S/C10H12O2S3/c1-2-10(11)14-4-7-3-12-8-5-13-6-9(8)15-7/h5-7H,2-4H2,1H3. The van der Waals surface area contributed by atoms with Gasteiger partial charge in [0, 0.05) is 22.9 Å². The Morgan fingerprint density at radius 3 is 3.33 bits per heavy atom. The summed E-state index contributed by atoms with van der Waals surface area (Å²) in [7, 11) is 0. The van der Waals surface area contributed by atoms with Crippen molar-refractivity contribution in [3.63, 3.8) is 0 Å². The van der Waals surface area contributed by atoms with Crippen LogP contribution in [0.15, 0.2) is 15.7 Å². The van der Waals surface area contributed by atoms with Crippen molar-refractivity contribution in [3.8, 4) is 5.75 Å². The zero-order chi connectivity index (χ0) is 10.7. The lowest BCUT2D eigenvalue weighted by Crippen LogP contribution is -2.21. The number of thiophene rings is 1. The molecule has 0 bridgehead atoms. The molecule has 2 heterocycles. The smallest absolute Gasteiger partial charge is 0.188 e. The highest BCUT2D eigenvalue weighted by molar-refractivity contribution is 8.14. The highest BCUT2D eigenvalue weighted by atomic mass is 32.2. The van der Waals surface area contributed by atoms with E-state index in [-0.39, 0.29) is 5.12 Å². The Labute approximate surface area is 102 Å². The van der Waals surface area contributed by atoms with E-state index in [1.54, 1.807) is 11.3 Å². The number of rotatable bonds is 3. The molecule has 0 spiro atoms. The van der Waals surface area contributed by atoms with Crippen molar-refractivity contribution in [2.75, 3.05) is 12.4 Å². The number of carbonyl (C=O) groups is 1. The summed E-state index contributed by atoms with van der Waals surface area (Å²) in [5.74, 6) is 1.86. The summed E-state index contributed by atoms with van der Waals surface area (Å²) in [5.41, 5.74) is 0. The van der Waals surface area contributed by atoms with E-state index in [4.69, 9.17) is 4.74 Å². The number of hydrogen-bond donors (Lipinski definition) is 0. The molecule has 1 atom stereocenters. The van der Waals surface area contributed by atoms with Crippen LogP contribution in [-0.4, -0.2) is 22.7 Å². The molecule has 0 saturated heterocycles. The lowest BCUT2D eigenvalue weighted by atomic mass is 10.5. The van der Waals surface area contributed by atoms with E-state index in [1.807, 2.05) is 24.1 Å². The van der Waals surface area contributed by atoms with E-state index in [1.165, 1.54) is 16.7 Å². The summed E-state index contributed by atoms with van der Waals surface area (Å²) in [6.07, 6.45) is 0.618. The second kappa shape index (κ2) is 5.27. The maximum absolute atomic E-state index is 11.2. The number of hydrogen-bond acceptors (Lipinski definition) is 5. The first-order valence-electron chi connectivity index (χ1n) is 4.81. The molecule has 0 aliphatic carbocycles. The largest absolute Gasteiger partial charge is 0.490 e. The Hall–Kier alpha value is -0.130. The van der Waals surface area contributed by atoms with Crippen molar-refractivity contribution < 1.29 is 9.53 Å². The molecule has 0 saturated carbocycles. The summed E-state index contributed by atoms with van der Waals surface area (Å²) in [4.78, 5) is 12.4. The summed E-state index contributed by atoms with van der Waals surface area (Å²) in [6.45, 7) is 2.62. The maximum atomic E-state index is 11.2. The van der Waals surface area contributed by atoms with Gasteiger partial charge in [-0.05, 0) is 0 Å². The Morgan fingerprint density at radius 2 is 2.53 bits per heavy atom. The van der Waals surface area contributed by atoms with Gasteiger partial charge in [0.15, 0.2) is 5.12 Å². The fourth-order valence-corrected chi connectivity index (χ4v) is 4.20. The molecule has 0 N–H and O–H groups in total. The Balaban J connectivity index is 1.85. The zero-order valence-electron chi connectivity index (χ0n) is 8.39. The van der Waals surface area contributed by atoms with Crippen LogP contribution in [0.3, 0.4) is 0 Å². The van der Waals surface area contributed by atoms with Crippen LogP contribution in [0.5, 0.6) is 5.75 Å². The Morgan fingerprint density at radius 1 is 1.67 bits per heavy atom. The molecule has 1 aliphatic heterocycles. The summed E-state index contributed by atoms with van der Waals surface area (Å²) in [6, 6.07) is 0. The Kier molecular flexibility index (Phi) is 3.99. The van der Waals surface area contributed by atoms with E-state index in [9.17, 15) is 4.79 Å². The highest BCUT2D eigenvalue weighted by Gasteiger charge is 2.21. The quantitative estimate of drug-likeness (QED) is 0.833. The van der Waals surface area contributed by atoms with E-state index in [0.717, 1.165) is 18.1 Å². The monoisotopic (exact) mass is 260 g/mol. The predicted molar refractivity (Wildman–Crippen MR) is 67.2 cm³/mol. The van der Waals surface area contributed by atoms with Crippen molar-refractivity contribution in [3.05, 3.63) is 10.8 Å². The van der Waals surface area contributed by atoms with Gasteiger partial charge in [0.2, 0.25) is 0 Å². The molecule has 0 radical (unpaired) electrons. The van der Waals surface area contributed by atoms with Crippen LogP contribution in [0.25, 0.3) is 0 Å². The molecule has 0 fully saturated rings. The van der Waals surface area contributed by atoms with Crippen LogP contribution >= 0.6 is 34.9 Å². The van der Waals surface area contributed by atoms with Gasteiger partial charge in [-0.15, -0.1) is 23.1 Å². The fraction of sp³-hybridized carbons (Fsp3) is 0.500. The van der Waals surface area contributed by atoms with Gasteiger partial charge in [-0.2, -0.15) is 0 Å². The van der Waals surface area contributed by atoms with Gasteiger partial charge in [-0.1, -0.05) is 18.7 Å². The second-order valence-corrected chi connectivity index (χ2v) is 6.35. The molecule has 1 aromatic rings. The zero-order valence-corrected chi connectivity index (χ0v) is 10.8. The van der Waals surface area contributed by atoms with Crippen molar-refractivity contribution in [2.24, 2.45) is 0 Å². The van der Waals surface area contributed by atoms with E-state index < -0.39 is 0 Å². The predicted octanol–water partition coefficient (Wildman–Crippen LogP) is 3.27. The SMILES string of the molecule is CCC(=O)SCC1COc2cscc2S1. The normalized spacial score (nSPS) is 19.4. The van der Waals surface area contributed by atoms with Crippen LogP contribution in [-0.2, 0) is 4.79 Å². The van der Waals surface area contributed by atoms with Gasteiger partial charge in [0.05, 0.1) is 10.1 Å². The van der Waals surface area contributed by atoms with Crippen LogP contribution in [0.4, 0.5) is 0 Å². The molecule has 1 aromatic heterocycles. The third-order valence-corrected chi connectivity index (χ3v) is 5.50. The van der Waals surface area contributed by atoms with Crippen molar-refractivity contribution in [1.82, 2.24) is 0 Å². The van der Waals surface area contributed by atoms with Crippen LogP contribution in [0.1, 0.15) is 13.3 Å². The third kappa shape index (κ3) is 2.92. The van der Waals surface area contributed by atoms with Crippen molar-refractivity contribution in [1.29, 1.82) is 0 Å². The van der Waals surface area contributed by atoms with Gasteiger partial charge < -0.3 is 4.74 Å². The topological polar surface area (TPSA) is 26.3 Å². The molecular weight excluding hydrogens is 248 g/mol. The minimum Gasteiger partial charge on any atom is -0.490 e. The van der Waals surface area contributed by atoms with E-state index >= 15 is 0 Å². The minimum atomic E-state index is 0.270. The molecule has 1 unspecified atom stereocenters. The summed E-state index contributed by atoms with van der Waals surface area (Å²) >= 11 is 4.92. The second-order valence-electron chi connectivity index (χ2n) is 3.19. The first-order chi connectivity index (χ1) is 7.29. The van der Waals surface area contributed by atoms with Gasteiger partial charge in [0.25, 0.3) is 0 Å². The summed E-state index contributed by atoms with van der Waals surface area (Å²) in [5, 5.41) is 4.82. The molecule has 5 heteroatoms. The first-order valence-corrected chi connectivity index (χ1v) is 7.61. The molecule has 2 rings (SSSR count). The van der Waals surface area contributed by atoms with Crippen molar-refractivity contribution >= 4 is 40.0 Å². The minimum absolute atomic E-state index is 0.270. The third-order valence-electron chi connectivity index (χ3n) is 2.03. The molecule has 1 aliphatic rings. The lowest BCUT2D eigenvalue weighted by molar-refractivity contribution is -0.110. The lowest BCUT2D eigenvalue weighted by Gasteiger charge is -2.21. The number of fused-ring (bicyclic) bond motifs is 1. The first kappa shape index (κ1) is 11.4. The van der Waals surface area contributed by atoms with Gasteiger partial charge in [-0.25, -0.2) is 0 Å². The van der Waals surface area contributed by atoms with Crippen LogP contribution in [0, 0.1) is 0 Å². The van der Waals surface area contributed by atoms with Gasteiger partial charge in [-0.3, -0.25) is 4.79 Å². The molecule has 0 aromatic carbocycles. The van der Waals surface area contributed by atoms with Crippen LogP contribution in [0.2, 0.25) is 0 Å². The molecule has 0 amide bonds. The average molecular weight is 260 g/mol. The van der Waals surface area contributed by atoms with Gasteiger partial charge in [0.1, 0.15) is 12.4 Å². The van der Waals surface area contributed by atoms with Crippen LogP contribution < -0.4 is 4.74 Å². The molecule has 2 nitrogen and oxygen atoms in total. The van der Waals surface area contributed by atoms with E-state index in [2.05, 4.69) is 5.38 Å². The fourth-order valence-electron chi connectivity index (χ4n) is 1.23. The number of ether oxygens (including phenoxy) is 1. The maximum Gasteiger partial charge on any atom is 0.188 e.